The van der Waals surface area contributed by atoms with Crippen molar-refractivity contribution in [3.63, 3.8) is 0 Å². The first-order valence-electron chi connectivity index (χ1n) is 3.22. The van der Waals surface area contributed by atoms with Crippen molar-refractivity contribution in [3.8, 4) is 0 Å². The predicted molar refractivity (Wildman–Crippen MR) is 53.3 cm³/mol. The Morgan fingerprint density at radius 1 is 1.62 bits per heavy atom. The van der Waals surface area contributed by atoms with Crippen molar-refractivity contribution in [3.05, 3.63) is 26.4 Å². The summed E-state index contributed by atoms with van der Waals surface area (Å²) in [6, 6.07) is 0. The molecule has 6 heteroatoms. The standard InChI is InChI=1S/C7H4BrCl2NO2/c8-7-6(10)3(1-5(12)13)4(9)2-11-7/h2H,1H2,(H,12,13). The van der Waals surface area contributed by atoms with E-state index in [0.29, 0.717) is 10.2 Å². The van der Waals surface area contributed by atoms with Crippen LogP contribution in [0, 0.1) is 0 Å². The van der Waals surface area contributed by atoms with Gasteiger partial charge in [-0.2, -0.15) is 0 Å². The fourth-order valence-corrected chi connectivity index (χ4v) is 1.61. The fourth-order valence-electron chi connectivity index (χ4n) is 0.791. The number of carboxylic acid groups (broad SMARTS) is 1. The van der Waals surface area contributed by atoms with E-state index in [9.17, 15) is 4.79 Å². The maximum absolute atomic E-state index is 10.4. The summed E-state index contributed by atoms with van der Waals surface area (Å²) in [6.45, 7) is 0. The van der Waals surface area contributed by atoms with Crippen LogP contribution in [0.15, 0.2) is 10.8 Å². The van der Waals surface area contributed by atoms with Crippen LogP contribution >= 0.6 is 39.1 Å². The third-order valence-corrected chi connectivity index (χ3v) is 2.92. The number of halogens is 3. The topological polar surface area (TPSA) is 50.2 Å². The molecule has 0 aliphatic carbocycles. The normalized spacial score (nSPS) is 10.1. The van der Waals surface area contributed by atoms with Crippen LogP contribution in [0.2, 0.25) is 10.0 Å². The summed E-state index contributed by atoms with van der Waals surface area (Å²) in [7, 11) is 0. The zero-order valence-corrected chi connectivity index (χ0v) is 9.32. The van der Waals surface area contributed by atoms with Crippen LogP contribution in [-0.4, -0.2) is 16.1 Å². The molecular formula is C7H4BrCl2NO2. The van der Waals surface area contributed by atoms with E-state index in [2.05, 4.69) is 20.9 Å². The van der Waals surface area contributed by atoms with Crippen molar-refractivity contribution in [2.45, 2.75) is 6.42 Å². The minimum atomic E-state index is -0.984. The van der Waals surface area contributed by atoms with Gasteiger partial charge in [-0.1, -0.05) is 23.2 Å². The Morgan fingerprint density at radius 2 is 2.23 bits per heavy atom. The molecule has 0 unspecified atom stereocenters. The molecule has 0 fully saturated rings. The molecule has 0 radical (unpaired) electrons. The van der Waals surface area contributed by atoms with E-state index in [1.807, 2.05) is 0 Å². The highest BCUT2D eigenvalue weighted by Crippen LogP contribution is 2.29. The molecule has 0 aliphatic heterocycles. The highest BCUT2D eigenvalue weighted by atomic mass is 79.9. The first-order chi connectivity index (χ1) is 6.02. The number of rotatable bonds is 2. The lowest BCUT2D eigenvalue weighted by Gasteiger charge is -2.04. The van der Waals surface area contributed by atoms with Crippen molar-refractivity contribution in [1.29, 1.82) is 0 Å². The first-order valence-corrected chi connectivity index (χ1v) is 4.77. The average Bonchev–Trinajstić information content (AvgIpc) is 2.05. The highest BCUT2D eigenvalue weighted by Gasteiger charge is 2.13. The van der Waals surface area contributed by atoms with E-state index >= 15 is 0 Å². The minimum Gasteiger partial charge on any atom is -0.481 e. The number of carbonyl (C=O) groups is 1. The summed E-state index contributed by atoms with van der Waals surface area (Å²) in [5.41, 5.74) is 0.373. The van der Waals surface area contributed by atoms with Gasteiger partial charge in [-0.15, -0.1) is 0 Å². The molecule has 1 N–H and O–H groups in total. The van der Waals surface area contributed by atoms with E-state index in [1.54, 1.807) is 0 Å². The highest BCUT2D eigenvalue weighted by molar-refractivity contribution is 9.10. The van der Waals surface area contributed by atoms with Crippen molar-refractivity contribution >= 4 is 45.1 Å². The maximum atomic E-state index is 10.4. The summed E-state index contributed by atoms with van der Waals surface area (Å²) in [6.07, 6.45) is 1.15. The summed E-state index contributed by atoms with van der Waals surface area (Å²) in [5, 5.41) is 9.06. The number of carboxylic acids is 1. The van der Waals surface area contributed by atoms with Crippen LogP contribution in [0.1, 0.15) is 5.56 Å². The van der Waals surface area contributed by atoms with Crippen LogP contribution in [-0.2, 0) is 11.2 Å². The van der Waals surface area contributed by atoms with Crippen molar-refractivity contribution < 1.29 is 9.90 Å². The molecule has 0 bridgehead atoms. The molecule has 1 aromatic rings. The molecule has 0 spiro atoms. The number of hydrogen-bond acceptors (Lipinski definition) is 2. The average molecular weight is 285 g/mol. The Labute approximate surface area is 92.8 Å². The predicted octanol–water partition coefficient (Wildman–Crippen LogP) is 2.78. The van der Waals surface area contributed by atoms with Crippen molar-refractivity contribution in [2.75, 3.05) is 0 Å². The van der Waals surface area contributed by atoms with Gasteiger partial charge in [-0.25, -0.2) is 4.98 Å². The SMILES string of the molecule is O=C(O)Cc1c(Cl)cnc(Br)c1Cl. The molecule has 1 rings (SSSR count). The summed E-state index contributed by atoms with van der Waals surface area (Å²) >= 11 is 14.6. The Hall–Kier alpha value is -0.320. The van der Waals surface area contributed by atoms with Crippen LogP contribution in [0.5, 0.6) is 0 Å². The number of aliphatic carboxylic acids is 1. The molecule has 0 saturated heterocycles. The third-order valence-electron chi connectivity index (χ3n) is 1.35. The number of pyridine rings is 1. The lowest BCUT2D eigenvalue weighted by atomic mass is 10.2. The number of nitrogens with zero attached hydrogens (tertiary/aromatic N) is 1. The van der Waals surface area contributed by atoms with Gasteiger partial charge in [0.1, 0.15) is 4.60 Å². The molecule has 3 nitrogen and oxygen atoms in total. The van der Waals surface area contributed by atoms with Gasteiger partial charge in [-0.05, 0) is 15.9 Å². The quantitative estimate of drug-likeness (QED) is 0.850. The molecule has 0 aliphatic rings. The second kappa shape index (κ2) is 4.26. The summed E-state index contributed by atoms with van der Waals surface area (Å²) in [4.78, 5) is 14.2. The second-order valence-electron chi connectivity index (χ2n) is 2.26. The molecule has 70 valence electrons. The van der Waals surface area contributed by atoms with Gasteiger partial charge >= 0.3 is 5.97 Å². The van der Waals surface area contributed by atoms with Crippen LogP contribution in [0.3, 0.4) is 0 Å². The molecule has 0 aromatic carbocycles. The van der Waals surface area contributed by atoms with E-state index in [1.165, 1.54) is 6.20 Å². The number of aromatic nitrogens is 1. The summed E-state index contributed by atoms with van der Waals surface area (Å²) < 4.78 is 0.398. The van der Waals surface area contributed by atoms with Gasteiger partial charge in [0.05, 0.1) is 16.5 Å². The molecule has 0 atom stereocenters. The lowest BCUT2D eigenvalue weighted by Crippen LogP contribution is -2.02. The van der Waals surface area contributed by atoms with Crippen LogP contribution < -0.4 is 0 Å². The second-order valence-corrected chi connectivity index (χ2v) is 3.80. The van der Waals surface area contributed by atoms with Crippen molar-refractivity contribution in [1.82, 2.24) is 4.98 Å². The van der Waals surface area contributed by atoms with Crippen LogP contribution in [0.25, 0.3) is 0 Å². The Balaban J connectivity index is 3.17. The zero-order chi connectivity index (χ0) is 10.0. The molecule has 1 heterocycles. The van der Waals surface area contributed by atoms with Gasteiger partial charge in [0.15, 0.2) is 0 Å². The minimum absolute atomic E-state index is 0.210. The molecular weight excluding hydrogens is 281 g/mol. The number of hydrogen-bond donors (Lipinski definition) is 1. The smallest absolute Gasteiger partial charge is 0.307 e. The first kappa shape index (κ1) is 10.8. The lowest BCUT2D eigenvalue weighted by molar-refractivity contribution is -0.136. The molecule has 0 amide bonds. The van der Waals surface area contributed by atoms with E-state index in [-0.39, 0.29) is 16.5 Å². The Bertz CT molecular complexity index is 357. The Kier molecular flexibility index (Phi) is 3.53. The van der Waals surface area contributed by atoms with Crippen molar-refractivity contribution in [2.24, 2.45) is 0 Å². The molecule has 13 heavy (non-hydrogen) atoms. The van der Waals surface area contributed by atoms with Gasteiger partial charge < -0.3 is 5.11 Å². The van der Waals surface area contributed by atoms with Gasteiger partial charge in [-0.3, -0.25) is 4.79 Å². The van der Waals surface area contributed by atoms with E-state index in [0.717, 1.165) is 0 Å². The van der Waals surface area contributed by atoms with E-state index < -0.39 is 5.97 Å². The maximum Gasteiger partial charge on any atom is 0.307 e. The van der Waals surface area contributed by atoms with Gasteiger partial charge in [0, 0.05) is 11.8 Å². The van der Waals surface area contributed by atoms with Gasteiger partial charge in [0.2, 0.25) is 0 Å². The molecule has 0 saturated carbocycles. The zero-order valence-electron chi connectivity index (χ0n) is 6.22. The third kappa shape index (κ3) is 2.56. The van der Waals surface area contributed by atoms with Crippen LogP contribution in [0.4, 0.5) is 0 Å². The fraction of sp³-hybridized carbons (Fsp3) is 0.143. The summed E-state index contributed by atoms with van der Waals surface area (Å²) in [5.74, 6) is -0.984. The largest absolute Gasteiger partial charge is 0.481 e. The van der Waals surface area contributed by atoms with Gasteiger partial charge in [0.25, 0.3) is 0 Å². The Morgan fingerprint density at radius 3 is 2.77 bits per heavy atom. The monoisotopic (exact) mass is 283 g/mol. The van der Waals surface area contributed by atoms with E-state index in [4.69, 9.17) is 28.3 Å². The molecule has 1 aromatic heterocycles.